The summed E-state index contributed by atoms with van der Waals surface area (Å²) >= 11 is 0. The molecular formula is C42H26O. The first-order valence-corrected chi connectivity index (χ1v) is 13.7. The number of benzene rings is 8. The van der Waals surface area contributed by atoms with E-state index in [1.165, 1.54) is 0 Å². The van der Waals surface area contributed by atoms with Gasteiger partial charge < -0.3 is 4.42 Å². The largest absolute Gasteiger partial charge is 0.455 e. The molecule has 0 aliphatic rings. The molecule has 0 fully saturated rings. The summed E-state index contributed by atoms with van der Waals surface area (Å²) in [6, 6.07) is 17.8. The van der Waals surface area contributed by atoms with Crippen LogP contribution < -0.4 is 0 Å². The molecule has 200 valence electrons. The van der Waals surface area contributed by atoms with Crippen LogP contribution in [0.25, 0.3) is 87.6 Å². The maximum absolute atomic E-state index is 9.69. The van der Waals surface area contributed by atoms with Crippen LogP contribution in [0.2, 0.25) is 0 Å². The van der Waals surface area contributed by atoms with Crippen molar-refractivity contribution >= 4 is 54.3 Å². The summed E-state index contributed by atoms with van der Waals surface area (Å²) in [5, 5.41) is 1.47. The van der Waals surface area contributed by atoms with Crippen molar-refractivity contribution in [1.29, 1.82) is 0 Å². The Bertz CT molecular complexity index is 3140. The van der Waals surface area contributed by atoms with Gasteiger partial charge in [-0.1, -0.05) is 139 Å². The molecule has 0 spiro atoms. The maximum atomic E-state index is 9.69. The van der Waals surface area contributed by atoms with E-state index in [1.54, 1.807) is 78.9 Å². The van der Waals surface area contributed by atoms with Gasteiger partial charge in [-0.15, -0.1) is 0 Å². The molecule has 8 aromatic carbocycles. The van der Waals surface area contributed by atoms with Gasteiger partial charge in [-0.2, -0.15) is 0 Å². The monoisotopic (exact) mass is 559 g/mol. The average molecular weight is 560 g/mol. The molecule has 0 aliphatic heterocycles. The summed E-state index contributed by atoms with van der Waals surface area (Å²) < 4.78 is 122. The van der Waals surface area contributed by atoms with Crippen LogP contribution in [0.15, 0.2) is 162 Å². The molecule has 0 saturated heterocycles. The molecule has 9 aromatic rings. The summed E-state index contributed by atoms with van der Waals surface area (Å²) in [6.07, 6.45) is 0. The highest BCUT2D eigenvalue weighted by Gasteiger charge is 2.18. The first-order chi connectivity index (χ1) is 26.8. The van der Waals surface area contributed by atoms with Crippen LogP contribution >= 0.6 is 0 Å². The number of fused-ring (bicyclic) bond motifs is 7. The minimum Gasteiger partial charge on any atom is -0.455 e. The summed E-state index contributed by atoms with van der Waals surface area (Å²) in [5.41, 5.74) is 1.16. The zero-order valence-corrected chi connectivity index (χ0v) is 22.4. The third kappa shape index (κ3) is 3.72. The standard InChI is InChI=1S/C42H26O/c1-2-10-27(11-3-1)28-18-20-30(21-19-28)40-33-14-6-8-16-35(33)41(36-17-9-7-15-34(36)40)31-23-25-39-38(26-31)37-24-22-29-12-4-5-13-32(29)42(37)43-39/h1-26H/i4D,5D,12D,13D,18D,19D,20D,21D,22D,23D,24D,25D,26D. The van der Waals surface area contributed by atoms with Gasteiger partial charge in [0.15, 0.2) is 0 Å². The lowest BCUT2D eigenvalue weighted by Crippen LogP contribution is -1.91. The number of rotatable bonds is 3. The lowest BCUT2D eigenvalue weighted by Gasteiger charge is -2.18. The Balaban J connectivity index is 1.43. The topological polar surface area (TPSA) is 13.1 Å². The van der Waals surface area contributed by atoms with Crippen LogP contribution in [0, 0.1) is 0 Å². The highest BCUT2D eigenvalue weighted by atomic mass is 16.3. The van der Waals surface area contributed by atoms with E-state index in [0.29, 0.717) is 38.2 Å². The van der Waals surface area contributed by atoms with Crippen molar-refractivity contribution in [3.63, 3.8) is 0 Å². The molecular weight excluding hydrogens is 520 g/mol. The Morgan fingerprint density at radius 2 is 0.977 bits per heavy atom. The van der Waals surface area contributed by atoms with Crippen molar-refractivity contribution in [3.8, 4) is 33.4 Å². The Hall–Kier alpha value is -5.66. The van der Waals surface area contributed by atoms with E-state index in [0.717, 1.165) is 0 Å². The number of hydrogen-bond donors (Lipinski definition) is 0. The highest BCUT2D eigenvalue weighted by Crippen LogP contribution is 2.45. The van der Waals surface area contributed by atoms with Crippen LogP contribution in [0.1, 0.15) is 17.8 Å². The van der Waals surface area contributed by atoms with Gasteiger partial charge in [0.2, 0.25) is 0 Å². The van der Waals surface area contributed by atoms with Crippen LogP contribution in [-0.4, -0.2) is 0 Å². The summed E-state index contributed by atoms with van der Waals surface area (Å²) in [4.78, 5) is 0. The molecule has 0 unspecified atom stereocenters. The summed E-state index contributed by atoms with van der Waals surface area (Å²) in [6.45, 7) is 0. The van der Waals surface area contributed by atoms with Crippen LogP contribution in [-0.2, 0) is 0 Å². The van der Waals surface area contributed by atoms with Crippen molar-refractivity contribution in [2.24, 2.45) is 0 Å². The predicted molar refractivity (Wildman–Crippen MR) is 183 cm³/mol. The van der Waals surface area contributed by atoms with Crippen molar-refractivity contribution < 1.29 is 22.2 Å². The van der Waals surface area contributed by atoms with E-state index in [1.807, 2.05) is 0 Å². The molecule has 0 atom stereocenters. The molecule has 43 heavy (non-hydrogen) atoms. The lowest BCUT2D eigenvalue weighted by atomic mass is 9.85. The fraction of sp³-hybridized carbons (Fsp3) is 0. The molecule has 0 saturated carbocycles. The molecule has 9 rings (SSSR count). The van der Waals surface area contributed by atoms with E-state index in [4.69, 9.17) is 15.4 Å². The SMILES string of the molecule is [2H]c1c([2H])c(-c2c3ccccc3c(-c3c([2H])c([2H])c4oc5c6c([2H])c([2H])c([2H])c([2H])c6c([2H])c([2H])c5c4c3[2H])c3ccccc23)c([2H])c([2H])c1-c1ccccc1. The second kappa shape index (κ2) is 9.44. The van der Waals surface area contributed by atoms with Gasteiger partial charge in [-0.05, 0) is 78.4 Å². The first kappa shape index (κ1) is 14.5. The maximum Gasteiger partial charge on any atom is 0.143 e. The molecule has 0 N–H and O–H groups in total. The molecule has 1 heterocycles. The van der Waals surface area contributed by atoms with Crippen LogP contribution in [0.4, 0.5) is 0 Å². The van der Waals surface area contributed by atoms with Crippen LogP contribution in [0.3, 0.4) is 0 Å². The summed E-state index contributed by atoms with van der Waals surface area (Å²) in [7, 11) is 0. The zero-order chi connectivity index (χ0) is 39.6. The third-order valence-electron chi connectivity index (χ3n) is 7.81. The van der Waals surface area contributed by atoms with Gasteiger partial charge in [-0.3, -0.25) is 0 Å². The van der Waals surface area contributed by atoms with Crippen molar-refractivity contribution in [2.45, 2.75) is 0 Å². The fourth-order valence-corrected chi connectivity index (χ4v) is 5.89. The molecule has 1 heteroatoms. The number of hydrogen-bond acceptors (Lipinski definition) is 1. The molecule has 0 amide bonds. The Morgan fingerprint density at radius 3 is 1.67 bits per heavy atom. The molecule has 1 nitrogen and oxygen atoms in total. The Kier molecular flexibility index (Phi) is 3.18. The average Bonchev–Trinajstić information content (AvgIpc) is 3.61. The van der Waals surface area contributed by atoms with E-state index in [9.17, 15) is 6.85 Å². The Labute approximate surface area is 267 Å². The minimum absolute atomic E-state index is 0.00382. The van der Waals surface area contributed by atoms with Gasteiger partial charge in [0.1, 0.15) is 11.2 Å². The first-order valence-electron chi connectivity index (χ1n) is 20.2. The predicted octanol–water partition coefficient (Wildman–Crippen LogP) is 12.0. The second-order valence-electron chi connectivity index (χ2n) is 10.2. The molecule has 0 radical (unpaired) electrons. The van der Waals surface area contributed by atoms with E-state index >= 15 is 0 Å². The van der Waals surface area contributed by atoms with Gasteiger partial charge >= 0.3 is 0 Å². The van der Waals surface area contributed by atoms with Crippen LogP contribution in [0.5, 0.6) is 0 Å². The highest BCUT2D eigenvalue weighted by molar-refractivity contribution is 6.22. The van der Waals surface area contributed by atoms with Gasteiger partial charge in [-0.25, -0.2) is 0 Å². The van der Waals surface area contributed by atoms with E-state index < -0.39 is 42.3 Å². The fourth-order valence-electron chi connectivity index (χ4n) is 5.89. The second-order valence-corrected chi connectivity index (χ2v) is 10.2. The van der Waals surface area contributed by atoms with Crippen molar-refractivity contribution in [2.75, 3.05) is 0 Å². The minimum atomic E-state index is -0.578. The quantitative estimate of drug-likeness (QED) is 0.196. The van der Waals surface area contributed by atoms with Crippen molar-refractivity contribution in [1.82, 2.24) is 0 Å². The summed E-state index contributed by atoms with van der Waals surface area (Å²) in [5.74, 6) is 0. The third-order valence-corrected chi connectivity index (χ3v) is 7.81. The van der Waals surface area contributed by atoms with Gasteiger partial charge in [0.05, 0.1) is 17.8 Å². The van der Waals surface area contributed by atoms with E-state index in [2.05, 4.69) is 0 Å². The molecule has 1 aromatic heterocycles. The van der Waals surface area contributed by atoms with Gasteiger partial charge in [0.25, 0.3) is 0 Å². The van der Waals surface area contributed by atoms with Crippen molar-refractivity contribution in [3.05, 3.63) is 157 Å². The smallest absolute Gasteiger partial charge is 0.143 e. The zero-order valence-electron chi connectivity index (χ0n) is 35.4. The molecule has 0 aliphatic carbocycles. The van der Waals surface area contributed by atoms with E-state index in [-0.39, 0.29) is 85.7 Å². The number of furan rings is 1. The Morgan fingerprint density at radius 1 is 0.395 bits per heavy atom. The van der Waals surface area contributed by atoms with Gasteiger partial charge in [0, 0.05) is 16.2 Å². The molecule has 0 bridgehead atoms. The normalized spacial score (nSPS) is 16.0. The lowest BCUT2D eigenvalue weighted by molar-refractivity contribution is 0.672.